The zero-order valence-electron chi connectivity index (χ0n) is 8.79. The Morgan fingerprint density at radius 2 is 1.93 bits per heavy atom. The molecule has 1 saturated carbocycles. The van der Waals surface area contributed by atoms with E-state index in [4.69, 9.17) is 0 Å². The molecule has 0 heterocycles. The summed E-state index contributed by atoms with van der Waals surface area (Å²) in [5.41, 5.74) is 2.18. The first-order chi connectivity index (χ1) is 6.72. The van der Waals surface area contributed by atoms with Gasteiger partial charge in [-0.1, -0.05) is 38.1 Å². The van der Waals surface area contributed by atoms with Gasteiger partial charge in [0.1, 0.15) is 0 Å². The van der Waals surface area contributed by atoms with Crippen LogP contribution in [0.5, 0.6) is 0 Å². The van der Waals surface area contributed by atoms with Crippen LogP contribution in [0.4, 0.5) is 0 Å². The molecule has 1 aliphatic carbocycles. The van der Waals surface area contributed by atoms with Crippen LogP contribution >= 0.6 is 0 Å². The Kier molecular flexibility index (Phi) is 2.40. The van der Waals surface area contributed by atoms with Crippen molar-refractivity contribution in [1.82, 2.24) is 0 Å². The van der Waals surface area contributed by atoms with Crippen LogP contribution < -0.4 is 0 Å². The number of benzene rings is 1. The van der Waals surface area contributed by atoms with E-state index in [-0.39, 0.29) is 0 Å². The Hall–Kier alpha value is -1.11. The summed E-state index contributed by atoms with van der Waals surface area (Å²) in [6.07, 6.45) is 2.11. The molecule has 0 spiro atoms. The molecular weight excluding hydrogens is 172 g/mol. The maximum Gasteiger partial charge on any atom is 0.166 e. The number of hydrogen-bond donors (Lipinski definition) is 0. The van der Waals surface area contributed by atoms with Crippen LogP contribution in [-0.4, -0.2) is 5.78 Å². The summed E-state index contributed by atoms with van der Waals surface area (Å²) in [7, 11) is 0. The van der Waals surface area contributed by atoms with Gasteiger partial charge in [0.25, 0.3) is 0 Å². The number of carbonyl (C=O) groups is 1. The topological polar surface area (TPSA) is 17.1 Å². The highest BCUT2D eigenvalue weighted by Crippen LogP contribution is 2.40. The molecule has 1 aromatic rings. The molecule has 2 rings (SSSR count). The van der Waals surface area contributed by atoms with Gasteiger partial charge < -0.3 is 0 Å². The van der Waals surface area contributed by atoms with Crippen LogP contribution in [0.3, 0.4) is 0 Å². The van der Waals surface area contributed by atoms with E-state index in [1.807, 2.05) is 12.1 Å². The summed E-state index contributed by atoms with van der Waals surface area (Å²) in [6.45, 7) is 4.27. The molecule has 1 heteroatoms. The lowest BCUT2D eigenvalue weighted by molar-refractivity contribution is 0.0962. The third-order valence-corrected chi connectivity index (χ3v) is 3.09. The molecular formula is C13H16O. The van der Waals surface area contributed by atoms with Crippen molar-refractivity contribution in [1.29, 1.82) is 0 Å². The first-order valence-corrected chi connectivity index (χ1v) is 5.35. The van der Waals surface area contributed by atoms with Crippen molar-refractivity contribution in [3.05, 3.63) is 35.4 Å². The molecule has 0 amide bonds. The van der Waals surface area contributed by atoms with Crippen molar-refractivity contribution in [3.8, 4) is 0 Å². The third-order valence-electron chi connectivity index (χ3n) is 3.09. The monoisotopic (exact) mass is 188 g/mol. The molecule has 0 aliphatic heterocycles. The summed E-state index contributed by atoms with van der Waals surface area (Å²) in [5, 5.41) is 0. The van der Waals surface area contributed by atoms with Crippen LogP contribution in [0.2, 0.25) is 0 Å². The Balaban J connectivity index is 2.13. The molecule has 0 bridgehead atoms. The zero-order chi connectivity index (χ0) is 10.1. The van der Waals surface area contributed by atoms with E-state index in [2.05, 4.69) is 26.0 Å². The fourth-order valence-corrected chi connectivity index (χ4v) is 1.81. The maximum atomic E-state index is 11.8. The number of ketones is 1. The van der Waals surface area contributed by atoms with Crippen molar-refractivity contribution in [2.45, 2.75) is 26.7 Å². The van der Waals surface area contributed by atoms with E-state index in [0.29, 0.717) is 17.6 Å². The molecule has 0 radical (unpaired) electrons. The fourth-order valence-electron chi connectivity index (χ4n) is 1.81. The van der Waals surface area contributed by atoms with E-state index in [9.17, 15) is 4.79 Å². The highest BCUT2D eigenvalue weighted by molar-refractivity contribution is 5.99. The third kappa shape index (κ3) is 1.72. The Labute approximate surface area is 85.1 Å². The van der Waals surface area contributed by atoms with E-state index in [1.54, 1.807) is 0 Å². The number of aryl methyl sites for hydroxylation is 1. The van der Waals surface area contributed by atoms with Gasteiger partial charge >= 0.3 is 0 Å². The average Bonchev–Trinajstić information content (AvgIpc) is 2.95. The predicted molar refractivity (Wildman–Crippen MR) is 57.4 cm³/mol. The first kappa shape index (κ1) is 9.45. The Morgan fingerprint density at radius 3 is 2.36 bits per heavy atom. The lowest BCUT2D eigenvalue weighted by atomic mass is 10.0. The largest absolute Gasteiger partial charge is 0.294 e. The number of hydrogen-bond acceptors (Lipinski definition) is 1. The molecule has 1 fully saturated rings. The van der Waals surface area contributed by atoms with Crippen molar-refractivity contribution in [3.63, 3.8) is 0 Å². The van der Waals surface area contributed by atoms with Crippen LogP contribution in [-0.2, 0) is 6.42 Å². The normalized spacial score (nSPS) is 24.7. The minimum Gasteiger partial charge on any atom is -0.294 e. The van der Waals surface area contributed by atoms with Gasteiger partial charge in [-0.2, -0.15) is 0 Å². The number of carbonyl (C=O) groups excluding carboxylic acids is 1. The second-order valence-electron chi connectivity index (χ2n) is 4.23. The van der Waals surface area contributed by atoms with Crippen LogP contribution in [0.1, 0.15) is 36.2 Å². The average molecular weight is 188 g/mol. The summed E-state index contributed by atoms with van der Waals surface area (Å²) in [6, 6.07) is 8.04. The maximum absolute atomic E-state index is 11.8. The second-order valence-corrected chi connectivity index (χ2v) is 4.23. The molecule has 1 aliphatic rings. The molecule has 0 saturated heterocycles. The molecule has 1 nitrogen and oxygen atoms in total. The van der Waals surface area contributed by atoms with Gasteiger partial charge in [0.2, 0.25) is 0 Å². The van der Waals surface area contributed by atoms with Gasteiger partial charge in [0.15, 0.2) is 5.78 Å². The highest BCUT2D eigenvalue weighted by atomic mass is 16.1. The minimum atomic E-state index is 0.308. The van der Waals surface area contributed by atoms with Gasteiger partial charge in [-0.05, 0) is 24.3 Å². The van der Waals surface area contributed by atoms with Crippen LogP contribution in [0.15, 0.2) is 24.3 Å². The van der Waals surface area contributed by atoms with E-state index >= 15 is 0 Å². The summed E-state index contributed by atoms with van der Waals surface area (Å²) >= 11 is 0. The van der Waals surface area contributed by atoms with E-state index in [1.165, 1.54) is 5.56 Å². The Morgan fingerprint density at radius 1 is 1.36 bits per heavy atom. The molecule has 2 atom stereocenters. The van der Waals surface area contributed by atoms with E-state index < -0.39 is 0 Å². The quantitative estimate of drug-likeness (QED) is 0.666. The fraction of sp³-hybridized carbons (Fsp3) is 0.462. The molecule has 2 unspecified atom stereocenters. The highest BCUT2D eigenvalue weighted by Gasteiger charge is 2.39. The summed E-state index contributed by atoms with van der Waals surface area (Å²) in [4.78, 5) is 11.8. The molecule has 14 heavy (non-hydrogen) atoms. The lowest BCUT2D eigenvalue weighted by Crippen LogP contribution is -2.02. The molecule has 0 aromatic heterocycles. The second kappa shape index (κ2) is 3.56. The van der Waals surface area contributed by atoms with Gasteiger partial charge in [-0.3, -0.25) is 4.79 Å². The van der Waals surface area contributed by atoms with E-state index in [0.717, 1.165) is 18.4 Å². The van der Waals surface area contributed by atoms with Gasteiger partial charge in [0, 0.05) is 11.5 Å². The standard InChI is InChI=1S/C13H16O/c1-3-10-4-6-11(7-5-10)13(14)12-8-9(12)2/h4-7,9,12H,3,8H2,1-2H3. The number of Topliss-reactive ketones (excluding diaryl/α,β-unsaturated/α-hetero) is 1. The van der Waals surface area contributed by atoms with Crippen molar-refractivity contribution < 1.29 is 4.79 Å². The van der Waals surface area contributed by atoms with Gasteiger partial charge in [0.05, 0.1) is 0 Å². The predicted octanol–water partition coefficient (Wildman–Crippen LogP) is 3.09. The van der Waals surface area contributed by atoms with Crippen molar-refractivity contribution >= 4 is 5.78 Å². The van der Waals surface area contributed by atoms with Crippen molar-refractivity contribution in [2.24, 2.45) is 11.8 Å². The smallest absolute Gasteiger partial charge is 0.166 e. The van der Waals surface area contributed by atoms with Crippen LogP contribution in [0.25, 0.3) is 0 Å². The minimum absolute atomic E-state index is 0.308. The number of rotatable bonds is 3. The molecule has 0 N–H and O–H groups in total. The first-order valence-electron chi connectivity index (χ1n) is 5.35. The van der Waals surface area contributed by atoms with Gasteiger partial charge in [-0.25, -0.2) is 0 Å². The zero-order valence-corrected chi connectivity index (χ0v) is 8.79. The Bertz CT molecular complexity index is 337. The lowest BCUT2D eigenvalue weighted by Gasteiger charge is -2.00. The summed E-state index contributed by atoms with van der Waals surface area (Å²) < 4.78 is 0. The molecule has 74 valence electrons. The SMILES string of the molecule is CCc1ccc(C(=O)C2CC2C)cc1. The van der Waals surface area contributed by atoms with Gasteiger partial charge in [-0.15, -0.1) is 0 Å². The van der Waals surface area contributed by atoms with Crippen LogP contribution in [0, 0.1) is 11.8 Å². The summed E-state index contributed by atoms with van der Waals surface area (Å²) in [5.74, 6) is 1.25. The molecule has 1 aromatic carbocycles. The van der Waals surface area contributed by atoms with Crippen molar-refractivity contribution in [2.75, 3.05) is 0 Å².